The van der Waals surface area contributed by atoms with E-state index in [-0.39, 0.29) is 6.04 Å². The van der Waals surface area contributed by atoms with Crippen molar-refractivity contribution in [3.63, 3.8) is 0 Å². The van der Waals surface area contributed by atoms with Crippen LogP contribution in [-0.2, 0) is 4.74 Å². The Morgan fingerprint density at radius 3 is 3.00 bits per heavy atom. The van der Waals surface area contributed by atoms with Gasteiger partial charge in [0.2, 0.25) is 0 Å². The maximum absolute atomic E-state index is 5.84. The zero-order valence-electron chi connectivity index (χ0n) is 7.81. The molecule has 1 aromatic heterocycles. The highest BCUT2D eigenvalue weighted by Gasteiger charge is 2.04. The van der Waals surface area contributed by atoms with E-state index in [1.165, 1.54) is 0 Å². The summed E-state index contributed by atoms with van der Waals surface area (Å²) in [6, 6.07) is 1.76. The Labute approximate surface area is 78.1 Å². The molecule has 2 N–H and O–H groups in total. The van der Waals surface area contributed by atoms with Crippen LogP contribution < -0.4 is 5.73 Å². The minimum atomic E-state index is -0.0953. The molecular weight excluding hydrogens is 166 g/mol. The van der Waals surface area contributed by atoms with Crippen molar-refractivity contribution in [2.45, 2.75) is 19.4 Å². The van der Waals surface area contributed by atoms with Gasteiger partial charge in [-0.05, 0) is 18.1 Å². The molecule has 72 valence electrons. The minimum Gasteiger partial charge on any atom is -0.379 e. The van der Waals surface area contributed by atoms with Crippen LogP contribution in [0.5, 0.6) is 0 Å². The number of hydrogen-bond donors (Lipinski definition) is 1. The molecule has 1 aromatic rings. The van der Waals surface area contributed by atoms with E-state index in [0.29, 0.717) is 6.61 Å². The molecule has 0 fully saturated rings. The number of ether oxygens (including phenoxy) is 1. The maximum Gasteiger partial charge on any atom is 0.0659 e. The summed E-state index contributed by atoms with van der Waals surface area (Å²) in [7, 11) is 0. The van der Waals surface area contributed by atoms with E-state index in [4.69, 9.17) is 10.5 Å². The van der Waals surface area contributed by atoms with Gasteiger partial charge in [0.15, 0.2) is 0 Å². The normalized spacial score (nSPS) is 12.8. The molecule has 1 rings (SSSR count). The predicted molar refractivity (Wildman–Crippen MR) is 50.1 cm³/mol. The minimum absolute atomic E-state index is 0.0953. The quantitative estimate of drug-likeness (QED) is 0.686. The third kappa shape index (κ3) is 3.48. The van der Waals surface area contributed by atoms with Crippen molar-refractivity contribution in [3.8, 4) is 0 Å². The van der Waals surface area contributed by atoms with Gasteiger partial charge in [-0.1, -0.05) is 6.92 Å². The molecule has 1 heterocycles. The van der Waals surface area contributed by atoms with E-state index in [1.54, 1.807) is 12.4 Å². The predicted octanol–water partition coefficient (Wildman–Crippen LogP) is 0.903. The summed E-state index contributed by atoms with van der Waals surface area (Å²) in [6.45, 7) is 3.37. The summed E-state index contributed by atoms with van der Waals surface area (Å²) in [6.07, 6.45) is 4.32. The summed E-state index contributed by atoms with van der Waals surface area (Å²) in [5.41, 5.74) is 6.81. The molecule has 0 aliphatic carbocycles. The van der Waals surface area contributed by atoms with Gasteiger partial charge in [-0.3, -0.25) is 0 Å². The Hall–Kier alpha value is -1.00. The second kappa shape index (κ2) is 5.61. The average molecular weight is 181 g/mol. The van der Waals surface area contributed by atoms with Crippen LogP contribution in [0.25, 0.3) is 0 Å². The van der Waals surface area contributed by atoms with Crippen molar-refractivity contribution in [1.82, 2.24) is 10.2 Å². The van der Waals surface area contributed by atoms with Crippen LogP contribution in [0.2, 0.25) is 0 Å². The third-order valence-electron chi connectivity index (χ3n) is 1.68. The summed E-state index contributed by atoms with van der Waals surface area (Å²) in [5.74, 6) is 0. The molecule has 0 saturated carbocycles. The number of nitrogens with two attached hydrogens (primary N) is 1. The standard InChI is InChI=1S/C9H15N3O/c1-2-5-13-7-9(10)8-3-4-11-12-6-8/h3-4,6,9H,2,5,7,10H2,1H3. The number of hydrogen-bond acceptors (Lipinski definition) is 4. The highest BCUT2D eigenvalue weighted by atomic mass is 16.5. The lowest BCUT2D eigenvalue weighted by atomic mass is 10.2. The lowest BCUT2D eigenvalue weighted by molar-refractivity contribution is 0.121. The van der Waals surface area contributed by atoms with E-state index < -0.39 is 0 Å². The lowest BCUT2D eigenvalue weighted by Crippen LogP contribution is -2.17. The van der Waals surface area contributed by atoms with E-state index in [1.807, 2.05) is 6.07 Å². The second-order valence-electron chi connectivity index (χ2n) is 2.86. The second-order valence-corrected chi connectivity index (χ2v) is 2.86. The van der Waals surface area contributed by atoms with Gasteiger partial charge in [-0.15, -0.1) is 0 Å². The number of rotatable bonds is 5. The maximum atomic E-state index is 5.84. The first-order valence-corrected chi connectivity index (χ1v) is 4.44. The largest absolute Gasteiger partial charge is 0.379 e. The van der Waals surface area contributed by atoms with Gasteiger partial charge in [-0.25, -0.2) is 0 Å². The Kier molecular flexibility index (Phi) is 4.35. The molecule has 0 bridgehead atoms. The van der Waals surface area contributed by atoms with Crippen LogP contribution in [0.3, 0.4) is 0 Å². The van der Waals surface area contributed by atoms with Gasteiger partial charge >= 0.3 is 0 Å². The van der Waals surface area contributed by atoms with E-state index in [0.717, 1.165) is 18.6 Å². The molecule has 0 amide bonds. The summed E-state index contributed by atoms with van der Waals surface area (Å²) >= 11 is 0. The van der Waals surface area contributed by atoms with Gasteiger partial charge in [0, 0.05) is 12.8 Å². The summed E-state index contributed by atoms with van der Waals surface area (Å²) in [5, 5.41) is 7.43. The topological polar surface area (TPSA) is 61.0 Å². The zero-order valence-corrected chi connectivity index (χ0v) is 7.81. The van der Waals surface area contributed by atoms with E-state index >= 15 is 0 Å². The van der Waals surface area contributed by atoms with Crippen LogP contribution in [-0.4, -0.2) is 23.4 Å². The van der Waals surface area contributed by atoms with Crippen LogP contribution in [0.1, 0.15) is 24.9 Å². The first kappa shape index (κ1) is 10.1. The van der Waals surface area contributed by atoms with Crippen molar-refractivity contribution in [2.75, 3.05) is 13.2 Å². The van der Waals surface area contributed by atoms with Gasteiger partial charge in [0.05, 0.1) is 18.8 Å². The highest BCUT2D eigenvalue weighted by molar-refractivity contribution is 5.10. The smallest absolute Gasteiger partial charge is 0.0659 e. The van der Waals surface area contributed by atoms with Crippen molar-refractivity contribution in [1.29, 1.82) is 0 Å². The monoisotopic (exact) mass is 181 g/mol. The molecule has 0 radical (unpaired) electrons. The Balaban J connectivity index is 2.35. The third-order valence-corrected chi connectivity index (χ3v) is 1.68. The molecule has 0 aliphatic rings. The first-order chi connectivity index (χ1) is 6.34. The number of nitrogens with zero attached hydrogens (tertiary/aromatic N) is 2. The zero-order chi connectivity index (χ0) is 9.52. The van der Waals surface area contributed by atoms with E-state index in [9.17, 15) is 0 Å². The molecule has 4 nitrogen and oxygen atoms in total. The molecule has 0 saturated heterocycles. The fourth-order valence-corrected chi connectivity index (χ4v) is 0.971. The molecule has 0 spiro atoms. The summed E-state index contributed by atoms with van der Waals surface area (Å²) in [4.78, 5) is 0. The van der Waals surface area contributed by atoms with Gasteiger partial charge < -0.3 is 10.5 Å². The fraction of sp³-hybridized carbons (Fsp3) is 0.556. The Morgan fingerprint density at radius 2 is 2.38 bits per heavy atom. The van der Waals surface area contributed by atoms with Crippen molar-refractivity contribution in [2.24, 2.45) is 5.73 Å². The molecular formula is C9H15N3O. The fourth-order valence-electron chi connectivity index (χ4n) is 0.971. The Morgan fingerprint density at radius 1 is 1.54 bits per heavy atom. The molecule has 0 aliphatic heterocycles. The molecule has 13 heavy (non-hydrogen) atoms. The number of aromatic nitrogens is 2. The van der Waals surface area contributed by atoms with Gasteiger partial charge in [0.25, 0.3) is 0 Å². The van der Waals surface area contributed by atoms with Crippen molar-refractivity contribution in [3.05, 3.63) is 24.0 Å². The SMILES string of the molecule is CCCOCC(N)c1ccnnc1. The molecule has 1 atom stereocenters. The highest BCUT2D eigenvalue weighted by Crippen LogP contribution is 2.07. The average Bonchev–Trinajstić information content (AvgIpc) is 2.19. The molecule has 4 heteroatoms. The van der Waals surface area contributed by atoms with Crippen LogP contribution in [0, 0.1) is 0 Å². The van der Waals surface area contributed by atoms with Gasteiger partial charge in [0.1, 0.15) is 0 Å². The van der Waals surface area contributed by atoms with Crippen LogP contribution in [0.15, 0.2) is 18.5 Å². The van der Waals surface area contributed by atoms with Crippen LogP contribution >= 0.6 is 0 Å². The molecule has 0 aromatic carbocycles. The van der Waals surface area contributed by atoms with E-state index in [2.05, 4.69) is 17.1 Å². The first-order valence-electron chi connectivity index (χ1n) is 4.44. The van der Waals surface area contributed by atoms with Crippen molar-refractivity contribution < 1.29 is 4.74 Å². The van der Waals surface area contributed by atoms with Gasteiger partial charge in [-0.2, -0.15) is 10.2 Å². The van der Waals surface area contributed by atoms with Crippen LogP contribution in [0.4, 0.5) is 0 Å². The summed E-state index contributed by atoms with van der Waals surface area (Å²) < 4.78 is 5.33. The Bertz CT molecular complexity index is 228. The lowest BCUT2D eigenvalue weighted by Gasteiger charge is -2.10. The van der Waals surface area contributed by atoms with Crippen molar-refractivity contribution >= 4 is 0 Å². The molecule has 1 unspecified atom stereocenters.